The predicted molar refractivity (Wildman–Crippen MR) is 66.8 cm³/mol. The van der Waals surface area contributed by atoms with Gasteiger partial charge in [-0.3, -0.25) is 4.68 Å². The molecule has 2 atom stereocenters. The summed E-state index contributed by atoms with van der Waals surface area (Å²) in [6.07, 6.45) is 4.94. The fourth-order valence-electron chi connectivity index (χ4n) is 2.80. The van der Waals surface area contributed by atoms with Crippen LogP contribution >= 0.6 is 11.6 Å². The second kappa shape index (κ2) is 4.04. The minimum Gasteiger partial charge on any atom is -0.328 e. The van der Waals surface area contributed by atoms with Crippen molar-refractivity contribution in [2.24, 2.45) is 5.73 Å². The number of nitrogens with two attached hydrogens (primary N) is 1. The van der Waals surface area contributed by atoms with Crippen LogP contribution in [0, 0.1) is 0 Å². The van der Waals surface area contributed by atoms with Gasteiger partial charge in [-0.1, -0.05) is 18.5 Å². The molecule has 2 N–H and O–H groups in total. The van der Waals surface area contributed by atoms with Gasteiger partial charge in [0.05, 0.1) is 16.9 Å². The summed E-state index contributed by atoms with van der Waals surface area (Å²) in [6, 6.07) is 0.646. The first-order valence-electron chi connectivity index (χ1n) is 5.93. The SMILES string of the molecule is CC(C)n1ncc(Cl)c1C1(C)CCC(N)C1. The Balaban J connectivity index is 2.43. The van der Waals surface area contributed by atoms with Gasteiger partial charge >= 0.3 is 0 Å². The molecule has 3 nitrogen and oxygen atoms in total. The lowest BCUT2D eigenvalue weighted by Crippen LogP contribution is -2.27. The first kappa shape index (κ1) is 11.9. The molecule has 16 heavy (non-hydrogen) atoms. The van der Waals surface area contributed by atoms with Crippen LogP contribution in [-0.4, -0.2) is 15.8 Å². The van der Waals surface area contributed by atoms with E-state index in [1.807, 2.05) is 4.68 Å². The predicted octanol–water partition coefficient (Wildman–Crippen LogP) is 2.89. The maximum Gasteiger partial charge on any atom is 0.0823 e. The average Bonchev–Trinajstić information content (AvgIpc) is 2.71. The Labute approximate surface area is 102 Å². The van der Waals surface area contributed by atoms with Gasteiger partial charge in [0, 0.05) is 17.5 Å². The molecule has 1 aromatic rings. The lowest BCUT2D eigenvalue weighted by molar-refractivity contribution is 0.401. The van der Waals surface area contributed by atoms with Crippen LogP contribution in [-0.2, 0) is 5.41 Å². The highest BCUT2D eigenvalue weighted by atomic mass is 35.5. The lowest BCUT2D eigenvalue weighted by atomic mass is 9.84. The molecule has 0 aromatic carbocycles. The van der Waals surface area contributed by atoms with Gasteiger partial charge in [-0.15, -0.1) is 0 Å². The van der Waals surface area contributed by atoms with E-state index in [9.17, 15) is 0 Å². The number of rotatable bonds is 2. The molecular formula is C12H20ClN3. The summed E-state index contributed by atoms with van der Waals surface area (Å²) in [4.78, 5) is 0. The zero-order chi connectivity index (χ0) is 11.9. The summed E-state index contributed by atoms with van der Waals surface area (Å²) >= 11 is 6.28. The molecule has 1 saturated carbocycles. The summed E-state index contributed by atoms with van der Waals surface area (Å²) in [6.45, 7) is 6.51. The third kappa shape index (κ3) is 1.87. The molecule has 1 aromatic heterocycles. The van der Waals surface area contributed by atoms with Crippen molar-refractivity contribution >= 4 is 11.6 Å². The third-order valence-electron chi connectivity index (χ3n) is 3.59. The molecule has 0 bridgehead atoms. The van der Waals surface area contributed by atoms with Crippen molar-refractivity contribution in [3.05, 3.63) is 16.9 Å². The minimum absolute atomic E-state index is 0.0945. The van der Waals surface area contributed by atoms with Crippen LogP contribution < -0.4 is 5.73 Å². The Bertz CT molecular complexity index is 386. The molecule has 1 aliphatic carbocycles. The zero-order valence-electron chi connectivity index (χ0n) is 10.2. The van der Waals surface area contributed by atoms with E-state index in [1.165, 1.54) is 0 Å². The molecule has 2 rings (SSSR count). The van der Waals surface area contributed by atoms with Crippen LogP contribution in [0.25, 0.3) is 0 Å². The van der Waals surface area contributed by atoms with Crippen molar-refractivity contribution in [2.45, 2.75) is 57.5 Å². The second-order valence-corrected chi connectivity index (χ2v) is 5.85. The van der Waals surface area contributed by atoms with Gasteiger partial charge in [0.25, 0.3) is 0 Å². The Morgan fingerprint density at radius 2 is 2.31 bits per heavy atom. The van der Waals surface area contributed by atoms with Gasteiger partial charge in [0.2, 0.25) is 0 Å². The first-order valence-corrected chi connectivity index (χ1v) is 6.31. The van der Waals surface area contributed by atoms with Crippen molar-refractivity contribution in [3.63, 3.8) is 0 Å². The zero-order valence-corrected chi connectivity index (χ0v) is 11.0. The van der Waals surface area contributed by atoms with E-state index in [-0.39, 0.29) is 5.41 Å². The number of nitrogens with zero attached hydrogens (tertiary/aromatic N) is 2. The van der Waals surface area contributed by atoms with Crippen LogP contribution in [0.4, 0.5) is 0 Å². The number of hydrogen-bond acceptors (Lipinski definition) is 2. The Kier molecular flexibility index (Phi) is 3.01. The fraction of sp³-hybridized carbons (Fsp3) is 0.750. The fourth-order valence-corrected chi connectivity index (χ4v) is 3.16. The van der Waals surface area contributed by atoms with Gasteiger partial charge in [-0.25, -0.2) is 0 Å². The molecule has 1 fully saturated rings. The molecule has 2 unspecified atom stereocenters. The number of aromatic nitrogens is 2. The van der Waals surface area contributed by atoms with Crippen molar-refractivity contribution in [3.8, 4) is 0 Å². The molecule has 90 valence electrons. The highest BCUT2D eigenvalue weighted by Crippen LogP contribution is 2.43. The van der Waals surface area contributed by atoms with E-state index in [1.54, 1.807) is 6.20 Å². The minimum atomic E-state index is 0.0945. The maximum atomic E-state index is 6.28. The Morgan fingerprint density at radius 3 is 2.81 bits per heavy atom. The number of hydrogen-bond donors (Lipinski definition) is 1. The smallest absolute Gasteiger partial charge is 0.0823 e. The largest absolute Gasteiger partial charge is 0.328 e. The third-order valence-corrected chi connectivity index (χ3v) is 3.87. The molecule has 0 saturated heterocycles. The summed E-state index contributed by atoms with van der Waals surface area (Å²) < 4.78 is 2.04. The molecule has 0 aliphatic heterocycles. The van der Waals surface area contributed by atoms with Crippen molar-refractivity contribution in [2.75, 3.05) is 0 Å². The molecule has 0 radical (unpaired) electrons. The highest BCUT2D eigenvalue weighted by Gasteiger charge is 2.39. The average molecular weight is 242 g/mol. The topological polar surface area (TPSA) is 43.8 Å². The quantitative estimate of drug-likeness (QED) is 0.865. The molecule has 0 amide bonds. The van der Waals surface area contributed by atoms with Gasteiger partial charge in [0.15, 0.2) is 0 Å². The highest BCUT2D eigenvalue weighted by molar-refractivity contribution is 6.31. The van der Waals surface area contributed by atoms with Gasteiger partial charge < -0.3 is 5.73 Å². The van der Waals surface area contributed by atoms with E-state index < -0.39 is 0 Å². The van der Waals surface area contributed by atoms with E-state index in [0.717, 1.165) is 30.0 Å². The maximum absolute atomic E-state index is 6.28. The van der Waals surface area contributed by atoms with Crippen LogP contribution in [0.15, 0.2) is 6.20 Å². The molecule has 1 aliphatic rings. The summed E-state index contributed by atoms with van der Waals surface area (Å²) in [5.41, 5.74) is 7.28. The summed E-state index contributed by atoms with van der Waals surface area (Å²) in [7, 11) is 0. The second-order valence-electron chi connectivity index (χ2n) is 5.44. The molecule has 1 heterocycles. The lowest BCUT2D eigenvalue weighted by Gasteiger charge is -2.27. The summed E-state index contributed by atoms with van der Waals surface area (Å²) in [5.74, 6) is 0. The molecular weight excluding hydrogens is 222 g/mol. The van der Waals surface area contributed by atoms with Gasteiger partial charge in [0.1, 0.15) is 0 Å². The van der Waals surface area contributed by atoms with Crippen LogP contribution in [0.5, 0.6) is 0 Å². The van der Waals surface area contributed by atoms with Crippen LogP contribution in [0.1, 0.15) is 51.8 Å². The normalized spacial score (nSPS) is 30.2. The van der Waals surface area contributed by atoms with Crippen LogP contribution in [0.3, 0.4) is 0 Å². The van der Waals surface area contributed by atoms with Gasteiger partial charge in [-0.2, -0.15) is 5.10 Å². The van der Waals surface area contributed by atoms with E-state index in [2.05, 4.69) is 25.9 Å². The van der Waals surface area contributed by atoms with Gasteiger partial charge in [-0.05, 0) is 33.1 Å². The van der Waals surface area contributed by atoms with Crippen molar-refractivity contribution < 1.29 is 0 Å². The standard InChI is InChI=1S/C12H20ClN3/c1-8(2)16-11(10(13)7-15-16)12(3)5-4-9(14)6-12/h7-9H,4-6,14H2,1-3H3. The first-order chi connectivity index (χ1) is 7.44. The Morgan fingerprint density at radius 1 is 1.62 bits per heavy atom. The van der Waals surface area contributed by atoms with E-state index >= 15 is 0 Å². The van der Waals surface area contributed by atoms with E-state index in [0.29, 0.717) is 12.1 Å². The Hall–Kier alpha value is -0.540. The molecule has 0 spiro atoms. The monoisotopic (exact) mass is 241 g/mol. The van der Waals surface area contributed by atoms with Crippen molar-refractivity contribution in [1.29, 1.82) is 0 Å². The van der Waals surface area contributed by atoms with Crippen LogP contribution in [0.2, 0.25) is 5.02 Å². The molecule has 4 heteroatoms. The van der Waals surface area contributed by atoms with E-state index in [4.69, 9.17) is 17.3 Å². The number of halogens is 1. The summed E-state index contributed by atoms with van der Waals surface area (Å²) in [5, 5.41) is 5.16. The van der Waals surface area contributed by atoms with Crippen molar-refractivity contribution in [1.82, 2.24) is 9.78 Å².